The lowest BCUT2D eigenvalue weighted by Crippen LogP contribution is -2.11. The van der Waals surface area contributed by atoms with Crippen molar-refractivity contribution in [1.29, 1.82) is 0 Å². The van der Waals surface area contributed by atoms with E-state index in [1.165, 1.54) is 13.0 Å². The van der Waals surface area contributed by atoms with Crippen molar-refractivity contribution in [3.8, 4) is 11.5 Å². The predicted molar refractivity (Wildman–Crippen MR) is 78.6 cm³/mol. The Labute approximate surface area is 123 Å². The van der Waals surface area contributed by atoms with Gasteiger partial charge in [0.25, 0.3) is 0 Å². The lowest BCUT2D eigenvalue weighted by Gasteiger charge is -2.11. The summed E-state index contributed by atoms with van der Waals surface area (Å²) in [6.45, 7) is 3.79. The molecule has 0 N–H and O–H groups in total. The molecule has 110 valence electrons. The number of Topliss-reactive ketones (excluding diaryl/α,β-unsaturated/α-hetero) is 1. The smallest absolute Gasteiger partial charge is 0.165 e. The summed E-state index contributed by atoms with van der Waals surface area (Å²) in [5.41, 5.74) is 1.45. The monoisotopic (exact) mass is 288 g/mol. The number of ketones is 1. The minimum atomic E-state index is -0.398. The molecular formula is C17H17FO3. The molecular weight excluding hydrogens is 271 g/mol. The Hall–Kier alpha value is -2.36. The van der Waals surface area contributed by atoms with E-state index >= 15 is 0 Å². The standard InChI is InChI=1S/C17H17FO3/c1-12-7-8-15(18)17(11-12)21-10-9-20-16-6-4-3-5-14(16)13(2)19/h3-8,11H,9-10H2,1-2H3. The van der Waals surface area contributed by atoms with Crippen LogP contribution in [0.5, 0.6) is 11.5 Å². The van der Waals surface area contributed by atoms with Crippen molar-refractivity contribution in [1.82, 2.24) is 0 Å². The first-order valence-electron chi connectivity index (χ1n) is 6.69. The fraction of sp³-hybridized carbons (Fsp3) is 0.235. The van der Waals surface area contributed by atoms with E-state index in [1.54, 1.807) is 36.4 Å². The largest absolute Gasteiger partial charge is 0.489 e. The maximum atomic E-state index is 13.5. The molecule has 2 rings (SSSR count). The third kappa shape index (κ3) is 4.05. The van der Waals surface area contributed by atoms with Crippen molar-refractivity contribution in [2.75, 3.05) is 13.2 Å². The number of hydrogen-bond donors (Lipinski definition) is 0. The molecule has 2 aromatic carbocycles. The highest BCUT2D eigenvalue weighted by molar-refractivity contribution is 5.96. The van der Waals surface area contributed by atoms with Crippen molar-refractivity contribution in [3.05, 3.63) is 59.4 Å². The minimum Gasteiger partial charge on any atom is -0.489 e. The second-order valence-electron chi connectivity index (χ2n) is 4.68. The van der Waals surface area contributed by atoms with Crippen LogP contribution in [0.4, 0.5) is 4.39 Å². The molecule has 0 bridgehead atoms. The molecule has 0 amide bonds. The highest BCUT2D eigenvalue weighted by Gasteiger charge is 2.08. The van der Waals surface area contributed by atoms with Crippen LogP contribution < -0.4 is 9.47 Å². The average molecular weight is 288 g/mol. The summed E-state index contributed by atoms with van der Waals surface area (Å²) in [5.74, 6) is 0.262. The molecule has 0 aromatic heterocycles. The van der Waals surface area contributed by atoms with E-state index in [9.17, 15) is 9.18 Å². The molecule has 0 heterocycles. The first kappa shape index (κ1) is 15.0. The van der Waals surface area contributed by atoms with Crippen LogP contribution in [0, 0.1) is 12.7 Å². The van der Waals surface area contributed by atoms with E-state index < -0.39 is 5.82 Å². The van der Waals surface area contributed by atoms with Crippen molar-refractivity contribution < 1.29 is 18.7 Å². The van der Waals surface area contributed by atoms with E-state index in [1.807, 2.05) is 6.92 Å². The molecule has 0 aliphatic heterocycles. The van der Waals surface area contributed by atoms with Gasteiger partial charge in [-0.05, 0) is 43.7 Å². The number of carbonyl (C=O) groups is 1. The van der Waals surface area contributed by atoms with Gasteiger partial charge < -0.3 is 9.47 Å². The van der Waals surface area contributed by atoms with Crippen LogP contribution in [0.2, 0.25) is 0 Å². The van der Waals surface area contributed by atoms with E-state index in [4.69, 9.17) is 9.47 Å². The van der Waals surface area contributed by atoms with E-state index in [2.05, 4.69) is 0 Å². The lowest BCUT2D eigenvalue weighted by atomic mass is 10.1. The third-order valence-corrected chi connectivity index (χ3v) is 2.95. The summed E-state index contributed by atoms with van der Waals surface area (Å²) < 4.78 is 24.4. The lowest BCUT2D eigenvalue weighted by molar-refractivity contribution is 0.101. The molecule has 0 saturated heterocycles. The normalized spacial score (nSPS) is 10.2. The molecule has 0 unspecified atom stereocenters. The van der Waals surface area contributed by atoms with Gasteiger partial charge in [-0.25, -0.2) is 4.39 Å². The molecule has 0 aliphatic rings. The molecule has 4 heteroatoms. The molecule has 0 radical (unpaired) electrons. The highest BCUT2D eigenvalue weighted by Crippen LogP contribution is 2.20. The van der Waals surface area contributed by atoms with Crippen molar-refractivity contribution in [2.24, 2.45) is 0 Å². The summed E-state index contributed by atoms with van der Waals surface area (Å²) in [4.78, 5) is 11.4. The van der Waals surface area contributed by atoms with E-state index in [0.29, 0.717) is 11.3 Å². The number of carbonyl (C=O) groups excluding carboxylic acids is 1. The molecule has 2 aromatic rings. The Morgan fingerprint density at radius 3 is 2.43 bits per heavy atom. The summed E-state index contributed by atoms with van der Waals surface area (Å²) in [6.07, 6.45) is 0. The van der Waals surface area contributed by atoms with E-state index in [0.717, 1.165) is 5.56 Å². The Balaban J connectivity index is 1.91. The van der Waals surface area contributed by atoms with Crippen LogP contribution in [0.15, 0.2) is 42.5 Å². The molecule has 21 heavy (non-hydrogen) atoms. The fourth-order valence-corrected chi connectivity index (χ4v) is 1.91. The third-order valence-electron chi connectivity index (χ3n) is 2.95. The van der Waals surface area contributed by atoms with Gasteiger partial charge in [0.15, 0.2) is 17.3 Å². The number of hydrogen-bond acceptors (Lipinski definition) is 3. The second kappa shape index (κ2) is 6.88. The summed E-state index contributed by atoms with van der Waals surface area (Å²) in [6, 6.07) is 11.7. The predicted octanol–water partition coefficient (Wildman–Crippen LogP) is 3.79. The van der Waals surface area contributed by atoms with Gasteiger partial charge in [-0.3, -0.25) is 4.79 Å². The Kier molecular flexibility index (Phi) is 4.93. The minimum absolute atomic E-state index is 0.0590. The molecule has 3 nitrogen and oxygen atoms in total. The van der Waals surface area contributed by atoms with Crippen molar-refractivity contribution in [3.63, 3.8) is 0 Å². The van der Waals surface area contributed by atoms with Gasteiger partial charge in [-0.2, -0.15) is 0 Å². The maximum absolute atomic E-state index is 13.5. The fourth-order valence-electron chi connectivity index (χ4n) is 1.91. The zero-order valence-corrected chi connectivity index (χ0v) is 12.1. The van der Waals surface area contributed by atoms with Gasteiger partial charge >= 0.3 is 0 Å². The topological polar surface area (TPSA) is 35.5 Å². The molecule has 0 spiro atoms. The Morgan fingerprint density at radius 2 is 1.71 bits per heavy atom. The number of benzene rings is 2. The van der Waals surface area contributed by atoms with Crippen molar-refractivity contribution >= 4 is 5.78 Å². The number of halogens is 1. The van der Waals surface area contributed by atoms with Crippen LogP contribution >= 0.6 is 0 Å². The first-order valence-corrected chi connectivity index (χ1v) is 6.69. The first-order chi connectivity index (χ1) is 10.1. The van der Waals surface area contributed by atoms with Gasteiger partial charge in [-0.15, -0.1) is 0 Å². The SMILES string of the molecule is CC(=O)c1ccccc1OCCOc1cc(C)ccc1F. The van der Waals surface area contributed by atoms with Crippen LogP contribution in [0.25, 0.3) is 0 Å². The highest BCUT2D eigenvalue weighted by atomic mass is 19.1. The number of aryl methyl sites for hydroxylation is 1. The quantitative estimate of drug-likeness (QED) is 0.599. The number of para-hydroxylation sites is 1. The average Bonchev–Trinajstić information content (AvgIpc) is 2.47. The maximum Gasteiger partial charge on any atom is 0.165 e. The van der Waals surface area contributed by atoms with Gasteiger partial charge in [0.1, 0.15) is 19.0 Å². The van der Waals surface area contributed by atoms with Crippen LogP contribution in [0.1, 0.15) is 22.8 Å². The van der Waals surface area contributed by atoms with Crippen LogP contribution in [0.3, 0.4) is 0 Å². The molecule has 0 saturated carbocycles. The Bertz CT molecular complexity index is 638. The van der Waals surface area contributed by atoms with Crippen molar-refractivity contribution in [2.45, 2.75) is 13.8 Å². The van der Waals surface area contributed by atoms with Crippen LogP contribution in [-0.2, 0) is 0 Å². The summed E-state index contributed by atoms with van der Waals surface area (Å²) >= 11 is 0. The molecule has 0 fully saturated rings. The summed E-state index contributed by atoms with van der Waals surface area (Å²) in [7, 11) is 0. The van der Waals surface area contributed by atoms with Gasteiger partial charge in [-0.1, -0.05) is 18.2 Å². The second-order valence-corrected chi connectivity index (χ2v) is 4.68. The van der Waals surface area contributed by atoms with E-state index in [-0.39, 0.29) is 24.7 Å². The van der Waals surface area contributed by atoms with Gasteiger partial charge in [0.2, 0.25) is 0 Å². The van der Waals surface area contributed by atoms with Gasteiger partial charge in [0.05, 0.1) is 5.56 Å². The molecule has 0 aliphatic carbocycles. The Morgan fingerprint density at radius 1 is 1.05 bits per heavy atom. The molecule has 0 atom stereocenters. The zero-order valence-electron chi connectivity index (χ0n) is 12.1. The number of ether oxygens (including phenoxy) is 2. The number of rotatable bonds is 6. The van der Waals surface area contributed by atoms with Gasteiger partial charge in [0, 0.05) is 0 Å². The summed E-state index contributed by atoms with van der Waals surface area (Å²) in [5, 5.41) is 0. The zero-order chi connectivity index (χ0) is 15.2. The van der Waals surface area contributed by atoms with Crippen LogP contribution in [-0.4, -0.2) is 19.0 Å².